The van der Waals surface area contributed by atoms with E-state index < -0.39 is 17.8 Å². The topological polar surface area (TPSA) is 115 Å². The second-order valence-corrected chi connectivity index (χ2v) is 4.73. The molecule has 0 aliphatic carbocycles. The van der Waals surface area contributed by atoms with Gasteiger partial charge in [-0.1, -0.05) is 23.9 Å². The fourth-order valence-corrected chi connectivity index (χ4v) is 1.98. The third-order valence-corrected chi connectivity index (χ3v) is 3.20. The van der Waals surface area contributed by atoms with E-state index in [9.17, 15) is 14.0 Å². The summed E-state index contributed by atoms with van der Waals surface area (Å²) in [6.07, 6.45) is 1.28. The smallest absolute Gasteiger partial charge is 0.325 e. The molecule has 0 radical (unpaired) electrons. The zero-order chi connectivity index (χ0) is 15.2. The van der Waals surface area contributed by atoms with Crippen LogP contribution >= 0.6 is 11.8 Å². The lowest BCUT2D eigenvalue weighted by atomic mass is 10.3. The van der Waals surface area contributed by atoms with Crippen molar-refractivity contribution in [1.82, 2.24) is 20.2 Å². The standard InChI is InChI=1S/C11H11FN6O2S/c12-7-3-1-2-4-8(7)15-10(20)16-9(19)5-21-11-17-14-6-18(11)13/h1-4,6H,5,13H2,(H2,15,16,19,20). The fourth-order valence-electron chi connectivity index (χ4n) is 1.34. The molecule has 0 atom stereocenters. The van der Waals surface area contributed by atoms with Crippen molar-refractivity contribution in [3.8, 4) is 0 Å². The van der Waals surface area contributed by atoms with Crippen LogP contribution in [0.25, 0.3) is 0 Å². The molecule has 1 aromatic heterocycles. The molecule has 1 aromatic carbocycles. The molecule has 0 fully saturated rings. The molecule has 0 unspecified atom stereocenters. The molecule has 21 heavy (non-hydrogen) atoms. The lowest BCUT2D eigenvalue weighted by Crippen LogP contribution is -2.35. The number of thioether (sulfide) groups is 1. The Labute approximate surface area is 122 Å². The summed E-state index contributed by atoms with van der Waals surface area (Å²) in [7, 11) is 0. The molecule has 0 saturated heterocycles. The molecule has 0 spiro atoms. The van der Waals surface area contributed by atoms with Gasteiger partial charge < -0.3 is 11.2 Å². The monoisotopic (exact) mass is 310 g/mol. The average Bonchev–Trinajstić information content (AvgIpc) is 2.84. The Kier molecular flexibility index (Phi) is 4.72. The molecule has 0 aliphatic heterocycles. The number of imide groups is 1. The van der Waals surface area contributed by atoms with E-state index in [-0.39, 0.29) is 11.4 Å². The van der Waals surface area contributed by atoms with Gasteiger partial charge in [-0.3, -0.25) is 10.1 Å². The molecular formula is C11H11FN6O2S. The fraction of sp³-hybridized carbons (Fsp3) is 0.0909. The largest absolute Gasteiger partial charge is 0.336 e. The first kappa shape index (κ1) is 14.8. The van der Waals surface area contributed by atoms with Gasteiger partial charge in [0.25, 0.3) is 0 Å². The van der Waals surface area contributed by atoms with Crippen LogP contribution in [0.2, 0.25) is 0 Å². The van der Waals surface area contributed by atoms with Crippen molar-refractivity contribution in [2.75, 3.05) is 16.9 Å². The number of hydrogen-bond donors (Lipinski definition) is 3. The maximum Gasteiger partial charge on any atom is 0.325 e. The van der Waals surface area contributed by atoms with Gasteiger partial charge in [-0.05, 0) is 12.1 Å². The summed E-state index contributed by atoms with van der Waals surface area (Å²) in [5.41, 5.74) is -0.0165. The quantitative estimate of drug-likeness (QED) is 0.562. The molecule has 110 valence electrons. The number of anilines is 1. The van der Waals surface area contributed by atoms with Gasteiger partial charge in [-0.2, -0.15) is 0 Å². The van der Waals surface area contributed by atoms with Crippen LogP contribution in [0, 0.1) is 5.82 Å². The number of nitrogen functional groups attached to an aromatic ring is 1. The summed E-state index contributed by atoms with van der Waals surface area (Å²) < 4.78 is 14.5. The Balaban J connectivity index is 1.81. The van der Waals surface area contributed by atoms with E-state index in [0.717, 1.165) is 16.4 Å². The van der Waals surface area contributed by atoms with E-state index in [1.54, 1.807) is 6.07 Å². The highest BCUT2D eigenvalue weighted by Crippen LogP contribution is 2.13. The van der Waals surface area contributed by atoms with E-state index in [4.69, 9.17) is 5.84 Å². The van der Waals surface area contributed by atoms with E-state index in [1.165, 1.54) is 24.5 Å². The van der Waals surface area contributed by atoms with Crippen molar-refractivity contribution >= 4 is 29.4 Å². The van der Waals surface area contributed by atoms with E-state index in [0.29, 0.717) is 5.16 Å². The minimum absolute atomic E-state index is 0.0165. The number of para-hydroxylation sites is 1. The molecule has 1 heterocycles. The predicted molar refractivity (Wildman–Crippen MR) is 74.5 cm³/mol. The minimum atomic E-state index is -0.820. The van der Waals surface area contributed by atoms with Gasteiger partial charge in [0.2, 0.25) is 11.1 Å². The lowest BCUT2D eigenvalue weighted by Gasteiger charge is -2.07. The van der Waals surface area contributed by atoms with Crippen LogP contribution in [0.4, 0.5) is 14.9 Å². The summed E-state index contributed by atoms with van der Waals surface area (Å²) in [4.78, 5) is 23.1. The maximum absolute atomic E-state index is 13.3. The summed E-state index contributed by atoms with van der Waals surface area (Å²) in [6, 6.07) is 4.81. The van der Waals surface area contributed by atoms with E-state index in [2.05, 4.69) is 20.8 Å². The van der Waals surface area contributed by atoms with Crippen molar-refractivity contribution < 1.29 is 14.0 Å². The molecule has 3 amide bonds. The maximum atomic E-state index is 13.3. The Morgan fingerprint density at radius 3 is 2.81 bits per heavy atom. The van der Waals surface area contributed by atoms with Crippen LogP contribution in [0.3, 0.4) is 0 Å². The third-order valence-electron chi connectivity index (χ3n) is 2.25. The highest BCUT2D eigenvalue weighted by Gasteiger charge is 2.12. The van der Waals surface area contributed by atoms with Crippen LogP contribution in [0.15, 0.2) is 35.7 Å². The van der Waals surface area contributed by atoms with Crippen LogP contribution in [0.1, 0.15) is 0 Å². The third kappa shape index (κ3) is 4.18. The van der Waals surface area contributed by atoms with Crippen LogP contribution in [-0.4, -0.2) is 32.6 Å². The number of benzene rings is 1. The van der Waals surface area contributed by atoms with Crippen molar-refractivity contribution in [2.24, 2.45) is 0 Å². The number of nitrogens with zero attached hydrogens (tertiary/aromatic N) is 3. The summed E-state index contributed by atoms with van der Waals surface area (Å²) in [5, 5.41) is 11.8. The van der Waals surface area contributed by atoms with Crippen molar-refractivity contribution in [3.05, 3.63) is 36.4 Å². The van der Waals surface area contributed by atoms with Gasteiger partial charge in [0.1, 0.15) is 12.1 Å². The lowest BCUT2D eigenvalue weighted by molar-refractivity contribution is -0.117. The molecule has 0 saturated carbocycles. The average molecular weight is 310 g/mol. The Hall–Kier alpha value is -2.62. The second kappa shape index (κ2) is 6.70. The number of urea groups is 1. The van der Waals surface area contributed by atoms with Gasteiger partial charge in [-0.15, -0.1) is 10.2 Å². The predicted octanol–water partition coefficient (Wildman–Crippen LogP) is 0.571. The zero-order valence-corrected chi connectivity index (χ0v) is 11.4. The Morgan fingerprint density at radius 1 is 1.38 bits per heavy atom. The zero-order valence-electron chi connectivity index (χ0n) is 10.6. The summed E-state index contributed by atoms with van der Waals surface area (Å²) in [6.45, 7) is 0. The van der Waals surface area contributed by atoms with E-state index >= 15 is 0 Å². The van der Waals surface area contributed by atoms with Gasteiger partial charge in [0.15, 0.2) is 0 Å². The van der Waals surface area contributed by atoms with Gasteiger partial charge in [0.05, 0.1) is 11.4 Å². The Morgan fingerprint density at radius 2 is 2.14 bits per heavy atom. The number of carbonyl (C=O) groups excluding carboxylic acids is 2. The number of hydrogen-bond acceptors (Lipinski definition) is 6. The first-order valence-corrected chi connectivity index (χ1v) is 6.68. The molecule has 8 nitrogen and oxygen atoms in total. The van der Waals surface area contributed by atoms with Crippen molar-refractivity contribution in [3.63, 3.8) is 0 Å². The molecule has 0 aliphatic rings. The number of carbonyl (C=O) groups is 2. The summed E-state index contributed by atoms with van der Waals surface area (Å²) >= 11 is 1.01. The van der Waals surface area contributed by atoms with Crippen molar-refractivity contribution in [1.29, 1.82) is 0 Å². The second-order valence-electron chi connectivity index (χ2n) is 3.79. The molecule has 2 rings (SSSR count). The number of nitrogens with two attached hydrogens (primary N) is 1. The molecule has 0 bridgehead atoms. The van der Waals surface area contributed by atoms with E-state index in [1.807, 2.05) is 0 Å². The van der Waals surface area contributed by atoms with Gasteiger partial charge in [-0.25, -0.2) is 13.9 Å². The van der Waals surface area contributed by atoms with Crippen molar-refractivity contribution in [2.45, 2.75) is 5.16 Å². The highest BCUT2D eigenvalue weighted by molar-refractivity contribution is 7.99. The van der Waals surface area contributed by atoms with Crippen LogP contribution < -0.4 is 16.5 Å². The SMILES string of the molecule is Nn1cnnc1SCC(=O)NC(=O)Nc1ccccc1F. The number of halogens is 1. The first-order valence-electron chi connectivity index (χ1n) is 5.69. The highest BCUT2D eigenvalue weighted by atomic mass is 32.2. The number of nitrogens with one attached hydrogen (secondary N) is 2. The first-order chi connectivity index (χ1) is 10.1. The molecule has 2 aromatic rings. The van der Waals surface area contributed by atoms with Gasteiger partial charge in [0, 0.05) is 0 Å². The molecule has 4 N–H and O–H groups in total. The normalized spacial score (nSPS) is 10.1. The number of aromatic nitrogens is 3. The number of amides is 3. The molecular weight excluding hydrogens is 299 g/mol. The Bertz CT molecular complexity index is 662. The number of rotatable bonds is 4. The van der Waals surface area contributed by atoms with Crippen LogP contribution in [0.5, 0.6) is 0 Å². The van der Waals surface area contributed by atoms with Gasteiger partial charge >= 0.3 is 6.03 Å². The summed E-state index contributed by atoms with van der Waals surface area (Å²) in [5.74, 6) is 4.22. The van der Waals surface area contributed by atoms with Crippen LogP contribution in [-0.2, 0) is 4.79 Å². The minimum Gasteiger partial charge on any atom is -0.336 e. The molecule has 10 heteroatoms.